The van der Waals surface area contributed by atoms with Gasteiger partial charge in [-0.15, -0.1) is 11.8 Å². The zero-order chi connectivity index (χ0) is 21.2. The molecule has 1 aromatic heterocycles. The average molecular weight is 437 g/mol. The van der Waals surface area contributed by atoms with Crippen LogP contribution in [0.4, 0.5) is 0 Å². The van der Waals surface area contributed by atoms with Crippen LogP contribution < -0.4 is 0 Å². The molecule has 0 amide bonds. The van der Waals surface area contributed by atoms with Gasteiger partial charge in [-0.25, -0.2) is 4.98 Å². The van der Waals surface area contributed by atoms with Crippen molar-refractivity contribution < 1.29 is 9.90 Å². The second-order valence-electron chi connectivity index (χ2n) is 6.50. The topological polar surface area (TPSA) is 55.1 Å². The van der Waals surface area contributed by atoms with Crippen molar-refractivity contribution in [1.29, 1.82) is 0 Å². The lowest BCUT2D eigenvalue weighted by Gasteiger charge is -2.32. The maximum atomic E-state index is 10.9. The Hall–Kier alpha value is -2.70. The van der Waals surface area contributed by atoms with Gasteiger partial charge in [0.2, 0.25) is 0 Å². The van der Waals surface area contributed by atoms with E-state index in [0.717, 1.165) is 17.5 Å². The first-order valence-corrected chi connectivity index (χ1v) is 11.5. The van der Waals surface area contributed by atoms with Gasteiger partial charge in [0.05, 0.1) is 10.5 Å². The molecule has 1 heterocycles. The number of aromatic nitrogens is 2. The zero-order valence-corrected chi connectivity index (χ0v) is 18.2. The molecule has 0 saturated carbocycles. The summed E-state index contributed by atoms with van der Waals surface area (Å²) in [5, 5.41) is 9.67. The molecule has 3 aromatic rings. The van der Waals surface area contributed by atoms with Crippen molar-refractivity contribution in [2.24, 2.45) is 0 Å². The predicted octanol–water partition coefficient (Wildman–Crippen LogP) is 5.48. The SMILES string of the molecule is C=C/C=C/C(SCCn1ccnc1SCC(=O)O)(c1ccccc1)c1ccccc1. The molecule has 0 spiro atoms. The number of thioether (sulfide) groups is 2. The normalized spacial score (nSPS) is 11.6. The lowest BCUT2D eigenvalue weighted by Crippen LogP contribution is -2.22. The lowest BCUT2D eigenvalue weighted by molar-refractivity contribution is -0.133. The summed E-state index contributed by atoms with van der Waals surface area (Å²) < 4.78 is 1.66. The third kappa shape index (κ3) is 5.46. The zero-order valence-electron chi connectivity index (χ0n) is 16.6. The van der Waals surface area contributed by atoms with Gasteiger partial charge in [0, 0.05) is 24.7 Å². The third-order valence-corrected chi connectivity index (χ3v) is 6.98. The first kappa shape index (κ1) is 22.0. The summed E-state index contributed by atoms with van der Waals surface area (Å²) in [6, 6.07) is 20.9. The minimum Gasteiger partial charge on any atom is -0.481 e. The van der Waals surface area contributed by atoms with Crippen LogP contribution in [0.5, 0.6) is 0 Å². The predicted molar refractivity (Wildman–Crippen MR) is 126 cm³/mol. The van der Waals surface area contributed by atoms with Gasteiger partial charge in [0.15, 0.2) is 5.16 Å². The summed E-state index contributed by atoms with van der Waals surface area (Å²) in [6.45, 7) is 4.59. The fourth-order valence-corrected chi connectivity index (χ4v) is 5.28. The van der Waals surface area contributed by atoms with Crippen LogP contribution in [0.25, 0.3) is 0 Å². The molecule has 0 radical (unpaired) electrons. The van der Waals surface area contributed by atoms with E-state index in [2.05, 4.69) is 66.2 Å². The van der Waals surface area contributed by atoms with E-state index < -0.39 is 5.97 Å². The van der Waals surface area contributed by atoms with Crippen LogP contribution >= 0.6 is 23.5 Å². The van der Waals surface area contributed by atoms with E-state index in [0.29, 0.717) is 0 Å². The first-order valence-electron chi connectivity index (χ1n) is 9.57. The van der Waals surface area contributed by atoms with Gasteiger partial charge in [-0.05, 0) is 11.1 Å². The highest BCUT2D eigenvalue weighted by Gasteiger charge is 2.31. The minimum absolute atomic E-state index is 0.00416. The van der Waals surface area contributed by atoms with Crippen molar-refractivity contribution >= 4 is 29.5 Å². The van der Waals surface area contributed by atoms with E-state index in [4.69, 9.17) is 5.11 Å². The molecule has 0 bridgehead atoms. The van der Waals surface area contributed by atoms with Crippen molar-refractivity contribution in [3.05, 3.63) is 109 Å². The van der Waals surface area contributed by atoms with E-state index >= 15 is 0 Å². The maximum absolute atomic E-state index is 10.9. The van der Waals surface area contributed by atoms with Gasteiger partial charge in [-0.1, -0.05) is 97.2 Å². The van der Waals surface area contributed by atoms with Crippen molar-refractivity contribution in [3.63, 3.8) is 0 Å². The Morgan fingerprint density at radius 1 is 1.10 bits per heavy atom. The van der Waals surface area contributed by atoms with Crippen LogP contribution in [0.2, 0.25) is 0 Å². The average Bonchev–Trinajstić information content (AvgIpc) is 3.23. The van der Waals surface area contributed by atoms with E-state index in [-0.39, 0.29) is 10.5 Å². The van der Waals surface area contributed by atoms with Gasteiger partial charge in [0.1, 0.15) is 0 Å². The third-order valence-electron chi connectivity index (χ3n) is 4.54. The van der Waals surface area contributed by atoms with Gasteiger partial charge < -0.3 is 9.67 Å². The van der Waals surface area contributed by atoms with E-state index in [1.807, 2.05) is 40.7 Å². The summed E-state index contributed by atoms with van der Waals surface area (Å²) in [7, 11) is 0. The molecule has 6 heteroatoms. The van der Waals surface area contributed by atoms with Gasteiger partial charge in [0.25, 0.3) is 0 Å². The Morgan fingerprint density at radius 3 is 2.30 bits per heavy atom. The van der Waals surface area contributed by atoms with Gasteiger partial charge in [-0.2, -0.15) is 0 Å². The number of imidazole rings is 1. The molecule has 0 aliphatic carbocycles. The van der Waals surface area contributed by atoms with Gasteiger partial charge in [-0.3, -0.25) is 4.79 Å². The molecule has 0 unspecified atom stereocenters. The van der Waals surface area contributed by atoms with E-state index in [9.17, 15) is 4.79 Å². The summed E-state index contributed by atoms with van der Waals surface area (Å²) in [4.78, 5) is 15.2. The van der Waals surface area contributed by atoms with Crippen molar-refractivity contribution in [2.75, 3.05) is 11.5 Å². The molecule has 1 N–H and O–H groups in total. The number of carbonyl (C=O) groups is 1. The number of hydrogen-bond acceptors (Lipinski definition) is 4. The molecule has 30 heavy (non-hydrogen) atoms. The number of hydrogen-bond donors (Lipinski definition) is 1. The molecule has 3 rings (SSSR count). The quantitative estimate of drug-likeness (QED) is 0.319. The van der Waals surface area contributed by atoms with Crippen LogP contribution in [0.15, 0.2) is 103 Å². The highest BCUT2D eigenvalue weighted by Crippen LogP contribution is 2.44. The van der Waals surface area contributed by atoms with Crippen LogP contribution in [0.3, 0.4) is 0 Å². The Bertz CT molecular complexity index is 945. The lowest BCUT2D eigenvalue weighted by atomic mass is 9.89. The Labute approximate surface area is 185 Å². The summed E-state index contributed by atoms with van der Waals surface area (Å²) in [6.07, 6.45) is 9.62. The highest BCUT2D eigenvalue weighted by molar-refractivity contribution is 8.00. The number of aliphatic carboxylic acids is 1. The van der Waals surface area contributed by atoms with Crippen LogP contribution in [-0.2, 0) is 16.1 Å². The number of aryl methyl sites for hydroxylation is 1. The molecule has 0 aliphatic heterocycles. The second kappa shape index (κ2) is 10.9. The number of carboxylic acids is 1. The van der Waals surface area contributed by atoms with E-state index in [1.165, 1.54) is 22.9 Å². The standard InChI is InChI=1S/C24H24N2O2S2/c1-2-3-14-24(20-10-6-4-7-11-20,21-12-8-5-9-13-21)30-18-17-26-16-15-25-23(26)29-19-22(27)28/h2-16H,1,17-19H2,(H,27,28)/b14-3+. The van der Waals surface area contributed by atoms with Crippen LogP contribution in [0, 0.1) is 0 Å². The Balaban J connectivity index is 1.87. The second-order valence-corrected chi connectivity index (χ2v) is 8.78. The first-order chi connectivity index (χ1) is 14.7. The van der Waals surface area contributed by atoms with Gasteiger partial charge >= 0.3 is 5.97 Å². The number of benzene rings is 2. The molecular weight excluding hydrogens is 412 g/mol. The molecule has 2 aromatic carbocycles. The summed E-state index contributed by atoms with van der Waals surface area (Å²) >= 11 is 3.08. The highest BCUT2D eigenvalue weighted by atomic mass is 32.2. The molecule has 4 nitrogen and oxygen atoms in total. The van der Waals surface area contributed by atoms with Crippen molar-refractivity contribution in [3.8, 4) is 0 Å². The Kier molecular flexibility index (Phi) is 7.99. The number of nitrogens with zero attached hydrogens (tertiary/aromatic N) is 2. The van der Waals surface area contributed by atoms with E-state index in [1.54, 1.807) is 12.3 Å². The number of carboxylic acid groups (broad SMARTS) is 1. The monoisotopic (exact) mass is 436 g/mol. The van der Waals surface area contributed by atoms with Crippen LogP contribution in [0.1, 0.15) is 11.1 Å². The molecular formula is C24H24N2O2S2. The minimum atomic E-state index is -0.842. The fraction of sp³-hybridized carbons (Fsp3) is 0.167. The number of rotatable bonds is 11. The Morgan fingerprint density at radius 2 is 1.73 bits per heavy atom. The van der Waals surface area contributed by atoms with Crippen molar-refractivity contribution in [2.45, 2.75) is 16.4 Å². The van der Waals surface area contributed by atoms with Crippen LogP contribution in [-0.4, -0.2) is 32.1 Å². The summed E-state index contributed by atoms with van der Waals surface area (Å²) in [5.41, 5.74) is 2.40. The molecule has 0 fully saturated rings. The number of allylic oxidation sites excluding steroid dienone is 2. The molecule has 154 valence electrons. The molecule has 0 atom stereocenters. The maximum Gasteiger partial charge on any atom is 0.313 e. The molecule has 0 saturated heterocycles. The molecule has 0 aliphatic rings. The fourth-order valence-electron chi connectivity index (χ4n) is 3.19. The largest absolute Gasteiger partial charge is 0.481 e. The smallest absolute Gasteiger partial charge is 0.313 e. The summed E-state index contributed by atoms with van der Waals surface area (Å²) in [5.74, 6) is -0.0161. The van der Waals surface area contributed by atoms with Crippen molar-refractivity contribution in [1.82, 2.24) is 9.55 Å².